The van der Waals surface area contributed by atoms with Crippen molar-refractivity contribution < 1.29 is 9.90 Å². The summed E-state index contributed by atoms with van der Waals surface area (Å²) in [5, 5.41) is 16.9. The smallest absolute Gasteiger partial charge is 0.230 e. The third-order valence-corrected chi connectivity index (χ3v) is 4.71. The SMILES string of the molecule is CC(O)(CNC(=O)CSCc1ccncc1)c1ccsc1. The van der Waals surface area contributed by atoms with Crippen LogP contribution in [0.3, 0.4) is 0 Å². The highest BCUT2D eigenvalue weighted by Gasteiger charge is 2.23. The highest BCUT2D eigenvalue weighted by atomic mass is 32.2. The zero-order valence-electron chi connectivity index (χ0n) is 11.8. The lowest BCUT2D eigenvalue weighted by atomic mass is 9.99. The molecular formula is C15H18N2O2S2. The average molecular weight is 322 g/mol. The van der Waals surface area contributed by atoms with Crippen molar-refractivity contribution in [2.45, 2.75) is 18.3 Å². The van der Waals surface area contributed by atoms with Gasteiger partial charge in [-0.2, -0.15) is 11.3 Å². The molecule has 1 amide bonds. The molecule has 0 spiro atoms. The van der Waals surface area contributed by atoms with Crippen molar-refractivity contribution >= 4 is 29.0 Å². The van der Waals surface area contributed by atoms with Crippen molar-refractivity contribution in [2.75, 3.05) is 12.3 Å². The third kappa shape index (κ3) is 5.15. The van der Waals surface area contributed by atoms with Crippen LogP contribution in [0.25, 0.3) is 0 Å². The van der Waals surface area contributed by atoms with Crippen LogP contribution in [0, 0.1) is 0 Å². The van der Waals surface area contributed by atoms with Crippen LogP contribution in [-0.2, 0) is 16.1 Å². The number of rotatable bonds is 7. The normalized spacial score (nSPS) is 13.6. The summed E-state index contributed by atoms with van der Waals surface area (Å²) in [5.41, 5.74) is 0.955. The Morgan fingerprint density at radius 1 is 1.43 bits per heavy atom. The van der Waals surface area contributed by atoms with E-state index in [1.54, 1.807) is 31.1 Å². The number of hydrogen-bond acceptors (Lipinski definition) is 5. The zero-order chi connectivity index (χ0) is 15.1. The van der Waals surface area contributed by atoms with Gasteiger partial charge in [0.1, 0.15) is 5.60 Å². The Labute approximate surface area is 132 Å². The van der Waals surface area contributed by atoms with E-state index >= 15 is 0 Å². The van der Waals surface area contributed by atoms with Crippen LogP contribution in [0.15, 0.2) is 41.4 Å². The molecule has 112 valence electrons. The van der Waals surface area contributed by atoms with E-state index in [0.717, 1.165) is 16.9 Å². The fraction of sp³-hybridized carbons (Fsp3) is 0.333. The highest BCUT2D eigenvalue weighted by molar-refractivity contribution is 7.99. The van der Waals surface area contributed by atoms with Gasteiger partial charge in [-0.25, -0.2) is 0 Å². The molecule has 2 rings (SSSR count). The molecule has 2 heterocycles. The molecule has 0 bridgehead atoms. The molecule has 2 aromatic heterocycles. The molecule has 2 N–H and O–H groups in total. The maximum atomic E-state index is 11.8. The second-order valence-electron chi connectivity index (χ2n) is 4.91. The summed E-state index contributed by atoms with van der Waals surface area (Å²) in [7, 11) is 0. The number of amides is 1. The van der Waals surface area contributed by atoms with Crippen molar-refractivity contribution in [1.29, 1.82) is 0 Å². The monoisotopic (exact) mass is 322 g/mol. The van der Waals surface area contributed by atoms with Gasteiger partial charge in [0.2, 0.25) is 5.91 Å². The standard InChI is InChI=1S/C15H18N2O2S2/c1-15(19,13-4-7-20-9-13)11-17-14(18)10-21-8-12-2-5-16-6-3-12/h2-7,9,19H,8,10-11H2,1H3,(H,17,18). The Hall–Kier alpha value is -1.37. The average Bonchev–Trinajstić information content (AvgIpc) is 3.01. The number of thiophene rings is 1. The van der Waals surface area contributed by atoms with E-state index in [4.69, 9.17) is 0 Å². The second kappa shape index (κ2) is 7.59. The Balaban J connectivity index is 1.70. The summed E-state index contributed by atoms with van der Waals surface area (Å²) < 4.78 is 0. The lowest BCUT2D eigenvalue weighted by molar-refractivity contribution is -0.119. The summed E-state index contributed by atoms with van der Waals surface area (Å²) in [4.78, 5) is 15.8. The van der Waals surface area contributed by atoms with Crippen LogP contribution in [0.5, 0.6) is 0 Å². The van der Waals surface area contributed by atoms with Gasteiger partial charge in [-0.05, 0) is 47.0 Å². The lowest BCUT2D eigenvalue weighted by Crippen LogP contribution is -2.39. The van der Waals surface area contributed by atoms with E-state index in [1.165, 1.54) is 11.3 Å². The molecule has 0 radical (unpaired) electrons. The predicted molar refractivity (Wildman–Crippen MR) is 87.3 cm³/mol. The molecule has 2 aromatic rings. The largest absolute Gasteiger partial charge is 0.384 e. The summed E-state index contributed by atoms with van der Waals surface area (Å²) in [6.07, 6.45) is 3.49. The number of thioether (sulfide) groups is 1. The van der Waals surface area contributed by atoms with Gasteiger partial charge in [0.05, 0.1) is 12.3 Å². The maximum absolute atomic E-state index is 11.8. The maximum Gasteiger partial charge on any atom is 0.230 e. The molecule has 6 heteroatoms. The van der Waals surface area contributed by atoms with Gasteiger partial charge in [-0.1, -0.05) is 0 Å². The van der Waals surface area contributed by atoms with Crippen LogP contribution in [0.4, 0.5) is 0 Å². The number of nitrogens with one attached hydrogen (secondary N) is 1. The number of nitrogens with zero attached hydrogens (tertiary/aromatic N) is 1. The van der Waals surface area contributed by atoms with Crippen LogP contribution in [0.1, 0.15) is 18.1 Å². The molecule has 4 nitrogen and oxygen atoms in total. The fourth-order valence-corrected chi connectivity index (χ4v) is 3.34. The lowest BCUT2D eigenvalue weighted by Gasteiger charge is -2.22. The van der Waals surface area contributed by atoms with Crippen LogP contribution < -0.4 is 5.32 Å². The third-order valence-electron chi connectivity index (χ3n) is 3.02. The van der Waals surface area contributed by atoms with E-state index in [1.807, 2.05) is 29.0 Å². The minimum absolute atomic E-state index is 0.0652. The molecule has 1 unspecified atom stereocenters. The van der Waals surface area contributed by atoms with Gasteiger partial charge in [-0.15, -0.1) is 11.8 Å². The Morgan fingerprint density at radius 3 is 2.86 bits per heavy atom. The highest BCUT2D eigenvalue weighted by Crippen LogP contribution is 2.22. The molecule has 0 saturated carbocycles. The molecule has 0 saturated heterocycles. The van der Waals surface area contributed by atoms with Crippen LogP contribution in [0.2, 0.25) is 0 Å². The van der Waals surface area contributed by atoms with E-state index < -0.39 is 5.60 Å². The van der Waals surface area contributed by atoms with Crippen LogP contribution in [-0.4, -0.2) is 28.3 Å². The van der Waals surface area contributed by atoms with Crippen molar-refractivity contribution in [3.63, 3.8) is 0 Å². The number of pyridine rings is 1. The van der Waals surface area contributed by atoms with E-state index in [2.05, 4.69) is 10.3 Å². The topological polar surface area (TPSA) is 62.2 Å². The summed E-state index contributed by atoms with van der Waals surface area (Å²) in [6.45, 7) is 1.93. The minimum atomic E-state index is -1.02. The van der Waals surface area contributed by atoms with Gasteiger partial charge < -0.3 is 10.4 Å². The molecule has 0 aromatic carbocycles. The first kappa shape index (κ1) is 16.0. The first-order valence-corrected chi connectivity index (χ1v) is 8.66. The first-order valence-electron chi connectivity index (χ1n) is 6.56. The fourth-order valence-electron chi connectivity index (χ4n) is 1.74. The number of aromatic nitrogens is 1. The van der Waals surface area contributed by atoms with Gasteiger partial charge >= 0.3 is 0 Å². The summed E-state index contributed by atoms with van der Waals surface area (Å²) in [6, 6.07) is 5.74. The van der Waals surface area contributed by atoms with Gasteiger partial charge in [0, 0.05) is 18.1 Å². The molecular weight excluding hydrogens is 304 g/mol. The van der Waals surface area contributed by atoms with Crippen molar-refractivity contribution in [3.05, 3.63) is 52.5 Å². The van der Waals surface area contributed by atoms with Gasteiger partial charge in [-0.3, -0.25) is 9.78 Å². The van der Waals surface area contributed by atoms with Crippen molar-refractivity contribution in [3.8, 4) is 0 Å². The Kier molecular flexibility index (Phi) is 5.78. The minimum Gasteiger partial charge on any atom is -0.384 e. The van der Waals surface area contributed by atoms with E-state index in [-0.39, 0.29) is 12.5 Å². The number of carbonyl (C=O) groups is 1. The second-order valence-corrected chi connectivity index (χ2v) is 6.68. The Morgan fingerprint density at radius 2 is 2.19 bits per heavy atom. The predicted octanol–water partition coefficient (Wildman–Crippen LogP) is 2.40. The molecule has 21 heavy (non-hydrogen) atoms. The van der Waals surface area contributed by atoms with Crippen molar-refractivity contribution in [2.24, 2.45) is 0 Å². The quantitative estimate of drug-likeness (QED) is 0.822. The number of hydrogen-bond donors (Lipinski definition) is 2. The Bertz CT molecular complexity index is 556. The van der Waals surface area contributed by atoms with Crippen LogP contribution >= 0.6 is 23.1 Å². The van der Waals surface area contributed by atoms with E-state index in [0.29, 0.717) is 5.75 Å². The number of carbonyl (C=O) groups excluding carboxylic acids is 1. The molecule has 0 aliphatic carbocycles. The molecule has 0 aliphatic heterocycles. The number of aliphatic hydroxyl groups is 1. The van der Waals surface area contributed by atoms with Gasteiger partial charge in [0.25, 0.3) is 0 Å². The van der Waals surface area contributed by atoms with Crippen molar-refractivity contribution in [1.82, 2.24) is 10.3 Å². The zero-order valence-corrected chi connectivity index (χ0v) is 13.4. The summed E-state index contributed by atoms with van der Waals surface area (Å²) >= 11 is 3.07. The van der Waals surface area contributed by atoms with Gasteiger partial charge in [0.15, 0.2) is 0 Å². The molecule has 0 aliphatic rings. The van der Waals surface area contributed by atoms with E-state index in [9.17, 15) is 9.90 Å². The summed E-state index contributed by atoms with van der Waals surface area (Å²) in [5.74, 6) is 1.09. The molecule has 1 atom stereocenters. The molecule has 0 fully saturated rings. The first-order chi connectivity index (χ1) is 10.1.